The van der Waals surface area contributed by atoms with E-state index in [0.717, 1.165) is 33.5 Å². The monoisotopic (exact) mass is 767 g/mol. The van der Waals surface area contributed by atoms with Crippen LogP contribution in [0.15, 0.2) is 182 Å². The molecular formula is C55H37N5. The first-order chi connectivity index (χ1) is 29.5. The normalized spacial score (nSPS) is 14.7. The Morgan fingerprint density at radius 3 is 1.68 bits per heavy atom. The Bertz CT molecular complexity index is 3390. The summed E-state index contributed by atoms with van der Waals surface area (Å²) in [4.78, 5) is 22.0. The standard InChI is InChI=1S/C55H37N5/c1-54(2)45-25-13-15-27-49(45)60(50-32-48-40(31-46(50)54)38-21-9-14-26-47(38)56-48)53-58-51(33-16-4-3-5-17-33)57-52(59-53)34-28-29-44-39(30-34)37-20-8-12-24-43(37)55(44)41-22-10-6-18-35(41)36-19-7-11-23-42(36)55/h3-32,56H,1-2H3. The average Bonchev–Trinajstić information content (AvgIpc) is 3.92. The highest BCUT2D eigenvalue weighted by Crippen LogP contribution is 2.63. The molecule has 3 heterocycles. The number of hydrogen-bond donors (Lipinski definition) is 1. The first-order valence-electron chi connectivity index (χ1n) is 20.7. The summed E-state index contributed by atoms with van der Waals surface area (Å²) in [6.45, 7) is 4.65. The number of hydrogen-bond acceptors (Lipinski definition) is 4. The SMILES string of the molecule is CC1(C)c2ccccc2N(c2nc(-c3ccccc3)nc(-c3ccc4c(c3)-c3ccccc3C43c4ccccc4-c4ccccc43)n2)c2cc3[nH]c4ccccc4c3cc21. The van der Waals surface area contributed by atoms with E-state index in [1.165, 1.54) is 66.4 Å². The molecule has 0 unspecified atom stereocenters. The molecule has 1 spiro atoms. The molecule has 13 rings (SSSR count). The lowest BCUT2D eigenvalue weighted by Gasteiger charge is -2.41. The highest BCUT2D eigenvalue weighted by molar-refractivity contribution is 6.09. The van der Waals surface area contributed by atoms with Crippen LogP contribution >= 0.6 is 0 Å². The molecule has 0 bridgehead atoms. The summed E-state index contributed by atoms with van der Waals surface area (Å²) in [5, 5.41) is 2.43. The molecule has 1 N–H and O–H groups in total. The molecular weight excluding hydrogens is 731 g/mol. The second-order valence-corrected chi connectivity index (χ2v) is 16.9. The number of aromatic nitrogens is 4. The maximum atomic E-state index is 5.46. The summed E-state index contributed by atoms with van der Waals surface area (Å²) >= 11 is 0. The maximum Gasteiger partial charge on any atom is 0.238 e. The number of fused-ring (bicyclic) bond motifs is 15. The van der Waals surface area contributed by atoms with Crippen molar-refractivity contribution in [3.8, 4) is 45.0 Å². The Kier molecular flexibility index (Phi) is 6.65. The van der Waals surface area contributed by atoms with Crippen LogP contribution in [-0.4, -0.2) is 19.9 Å². The number of nitrogens with one attached hydrogen (secondary N) is 1. The van der Waals surface area contributed by atoms with Crippen molar-refractivity contribution in [2.75, 3.05) is 4.90 Å². The quantitative estimate of drug-likeness (QED) is 0.194. The minimum atomic E-state index is -0.418. The highest BCUT2D eigenvalue weighted by Gasteiger charge is 2.51. The maximum absolute atomic E-state index is 5.46. The van der Waals surface area contributed by atoms with E-state index in [1.807, 2.05) is 18.2 Å². The Hall–Kier alpha value is -7.63. The molecule has 5 heteroatoms. The number of aromatic amines is 1. The molecule has 2 aromatic heterocycles. The fourth-order valence-electron chi connectivity index (χ4n) is 10.8. The van der Waals surface area contributed by atoms with E-state index in [4.69, 9.17) is 15.0 Å². The molecule has 3 aliphatic rings. The minimum absolute atomic E-state index is 0.284. The van der Waals surface area contributed by atoms with Gasteiger partial charge in [-0.25, -0.2) is 4.98 Å². The van der Waals surface area contributed by atoms with Crippen LogP contribution in [0.2, 0.25) is 0 Å². The molecule has 282 valence electrons. The molecule has 2 aliphatic carbocycles. The summed E-state index contributed by atoms with van der Waals surface area (Å²) in [5.41, 5.74) is 18.2. The lowest BCUT2D eigenvalue weighted by molar-refractivity contribution is 0.631. The first-order valence-corrected chi connectivity index (χ1v) is 20.7. The number of H-pyrrole nitrogens is 1. The molecule has 60 heavy (non-hydrogen) atoms. The topological polar surface area (TPSA) is 57.7 Å². The fourth-order valence-corrected chi connectivity index (χ4v) is 10.8. The molecule has 1 aliphatic heterocycles. The van der Waals surface area contributed by atoms with Gasteiger partial charge in [0.2, 0.25) is 5.95 Å². The van der Waals surface area contributed by atoms with Crippen LogP contribution in [0, 0.1) is 0 Å². The van der Waals surface area contributed by atoms with Gasteiger partial charge < -0.3 is 4.98 Å². The third kappa shape index (κ3) is 4.33. The molecule has 0 atom stereocenters. The average molecular weight is 768 g/mol. The molecule has 0 saturated carbocycles. The van der Waals surface area contributed by atoms with Crippen LogP contribution in [-0.2, 0) is 10.8 Å². The third-order valence-corrected chi connectivity index (χ3v) is 13.5. The van der Waals surface area contributed by atoms with E-state index >= 15 is 0 Å². The molecule has 0 saturated heterocycles. The first kappa shape index (κ1) is 33.4. The predicted octanol–water partition coefficient (Wildman–Crippen LogP) is 13.3. The van der Waals surface area contributed by atoms with Crippen LogP contribution in [0.1, 0.15) is 47.2 Å². The van der Waals surface area contributed by atoms with Crippen LogP contribution in [0.25, 0.3) is 66.8 Å². The van der Waals surface area contributed by atoms with Crippen molar-refractivity contribution >= 4 is 39.1 Å². The van der Waals surface area contributed by atoms with Gasteiger partial charge >= 0.3 is 0 Å². The molecule has 0 fully saturated rings. The Morgan fingerprint density at radius 2 is 0.967 bits per heavy atom. The molecule has 5 nitrogen and oxygen atoms in total. The van der Waals surface area contributed by atoms with E-state index in [0.29, 0.717) is 17.6 Å². The zero-order valence-electron chi connectivity index (χ0n) is 33.1. The molecule has 0 amide bonds. The Morgan fingerprint density at radius 1 is 0.400 bits per heavy atom. The number of para-hydroxylation sites is 2. The van der Waals surface area contributed by atoms with Crippen molar-refractivity contribution in [2.24, 2.45) is 0 Å². The van der Waals surface area contributed by atoms with Gasteiger partial charge in [-0.1, -0.05) is 166 Å². The third-order valence-electron chi connectivity index (χ3n) is 13.5. The summed E-state index contributed by atoms with van der Waals surface area (Å²) in [6, 6.07) is 65.9. The molecule has 8 aromatic carbocycles. The van der Waals surface area contributed by atoms with Crippen molar-refractivity contribution < 1.29 is 0 Å². The number of anilines is 3. The second-order valence-electron chi connectivity index (χ2n) is 16.9. The van der Waals surface area contributed by atoms with Gasteiger partial charge in [-0.05, 0) is 86.0 Å². The van der Waals surface area contributed by atoms with Gasteiger partial charge in [-0.2, -0.15) is 9.97 Å². The van der Waals surface area contributed by atoms with E-state index in [2.05, 4.69) is 188 Å². The van der Waals surface area contributed by atoms with Gasteiger partial charge in [0.15, 0.2) is 11.6 Å². The fraction of sp³-hybridized carbons (Fsp3) is 0.0727. The van der Waals surface area contributed by atoms with E-state index in [1.54, 1.807) is 0 Å². The van der Waals surface area contributed by atoms with Crippen molar-refractivity contribution in [3.05, 3.63) is 215 Å². The second kappa shape index (κ2) is 12.0. The largest absolute Gasteiger partial charge is 0.354 e. The number of nitrogens with zero attached hydrogens (tertiary/aromatic N) is 4. The Balaban J connectivity index is 1.06. The van der Waals surface area contributed by atoms with Gasteiger partial charge in [-0.15, -0.1) is 0 Å². The van der Waals surface area contributed by atoms with E-state index in [9.17, 15) is 0 Å². The van der Waals surface area contributed by atoms with E-state index < -0.39 is 5.41 Å². The lowest BCUT2D eigenvalue weighted by Crippen LogP contribution is -2.31. The predicted molar refractivity (Wildman–Crippen MR) is 243 cm³/mol. The molecule has 0 radical (unpaired) electrons. The molecule has 10 aromatic rings. The van der Waals surface area contributed by atoms with Crippen molar-refractivity contribution in [3.63, 3.8) is 0 Å². The number of rotatable bonds is 3. The zero-order valence-corrected chi connectivity index (χ0v) is 33.1. The van der Waals surface area contributed by atoms with Crippen LogP contribution in [0.5, 0.6) is 0 Å². The van der Waals surface area contributed by atoms with Gasteiger partial charge in [0.1, 0.15) is 0 Å². The van der Waals surface area contributed by atoms with Crippen molar-refractivity contribution in [1.29, 1.82) is 0 Å². The van der Waals surface area contributed by atoms with Crippen molar-refractivity contribution in [1.82, 2.24) is 19.9 Å². The van der Waals surface area contributed by atoms with Crippen molar-refractivity contribution in [2.45, 2.75) is 24.7 Å². The van der Waals surface area contributed by atoms with Gasteiger partial charge in [-0.3, -0.25) is 4.90 Å². The van der Waals surface area contributed by atoms with Gasteiger partial charge in [0, 0.05) is 38.3 Å². The summed E-state index contributed by atoms with van der Waals surface area (Å²) in [6.07, 6.45) is 0. The lowest BCUT2D eigenvalue weighted by atomic mass is 9.70. The summed E-state index contributed by atoms with van der Waals surface area (Å²) in [5.74, 6) is 1.83. The number of benzene rings is 8. The Labute approximate surface area is 347 Å². The summed E-state index contributed by atoms with van der Waals surface area (Å²) in [7, 11) is 0. The van der Waals surface area contributed by atoms with Crippen LogP contribution in [0.3, 0.4) is 0 Å². The highest BCUT2D eigenvalue weighted by atomic mass is 15.3. The van der Waals surface area contributed by atoms with Crippen LogP contribution < -0.4 is 4.90 Å². The smallest absolute Gasteiger partial charge is 0.238 e. The van der Waals surface area contributed by atoms with Gasteiger partial charge in [0.05, 0.1) is 16.8 Å². The van der Waals surface area contributed by atoms with Crippen LogP contribution in [0.4, 0.5) is 17.3 Å². The minimum Gasteiger partial charge on any atom is -0.354 e. The zero-order chi connectivity index (χ0) is 39.7. The summed E-state index contributed by atoms with van der Waals surface area (Å²) < 4.78 is 0. The van der Waals surface area contributed by atoms with E-state index in [-0.39, 0.29) is 5.41 Å². The van der Waals surface area contributed by atoms with Gasteiger partial charge in [0.25, 0.3) is 0 Å².